The number of nitrogens with two attached hydrogens (primary N) is 1. The molecule has 0 spiro atoms. The fraction of sp³-hybridized carbons (Fsp3) is 0.294. The predicted molar refractivity (Wildman–Crippen MR) is 87.7 cm³/mol. The van der Waals surface area contributed by atoms with Crippen LogP contribution in [0, 0.1) is 0 Å². The molecule has 20 heavy (non-hydrogen) atoms. The third kappa shape index (κ3) is 1.55. The predicted octanol–water partition coefficient (Wildman–Crippen LogP) is 3.53. The van der Waals surface area contributed by atoms with E-state index in [1.165, 1.54) is 0 Å². The van der Waals surface area contributed by atoms with E-state index >= 15 is 0 Å². The van der Waals surface area contributed by atoms with E-state index in [9.17, 15) is 4.57 Å². The Labute approximate surface area is 120 Å². The van der Waals surface area contributed by atoms with Gasteiger partial charge in [-0.15, -0.1) is 0 Å². The minimum Gasteiger partial charge on any atom is -0.398 e. The first-order valence-electron chi connectivity index (χ1n) is 7.13. The van der Waals surface area contributed by atoms with Crippen LogP contribution in [-0.4, -0.2) is 5.66 Å². The Bertz CT molecular complexity index is 734. The number of nitrogen functional groups attached to an aromatic ring is 1. The van der Waals surface area contributed by atoms with Crippen molar-refractivity contribution in [1.82, 2.24) is 0 Å². The first-order chi connectivity index (χ1) is 9.51. The van der Waals surface area contributed by atoms with E-state index in [-0.39, 0.29) is 5.66 Å². The molecule has 3 rings (SSSR count). The number of benzene rings is 2. The van der Waals surface area contributed by atoms with Gasteiger partial charge >= 0.3 is 0 Å². The van der Waals surface area contributed by atoms with Gasteiger partial charge in [0.25, 0.3) is 0 Å². The summed E-state index contributed by atoms with van der Waals surface area (Å²) in [5.41, 5.74) is 10.4. The van der Waals surface area contributed by atoms with E-state index in [1.807, 2.05) is 32.0 Å². The molecule has 0 saturated heterocycles. The van der Waals surface area contributed by atoms with Crippen LogP contribution in [0.2, 0.25) is 0 Å². The fourth-order valence-electron chi connectivity index (χ4n) is 3.18. The van der Waals surface area contributed by atoms with Crippen LogP contribution in [0.4, 0.5) is 5.69 Å². The van der Waals surface area contributed by atoms with Gasteiger partial charge in [-0.3, -0.25) is 0 Å². The summed E-state index contributed by atoms with van der Waals surface area (Å²) in [6, 6.07) is 12.2. The summed E-state index contributed by atoms with van der Waals surface area (Å²) in [6.07, 6.45) is 0.869. The summed E-state index contributed by atoms with van der Waals surface area (Å²) >= 11 is 0. The third-order valence-corrected chi connectivity index (χ3v) is 8.01. The highest BCUT2D eigenvalue weighted by Gasteiger charge is 2.42. The molecule has 0 fully saturated rings. The molecular formula is C17H20NOP. The highest BCUT2D eigenvalue weighted by atomic mass is 31.2. The lowest BCUT2D eigenvalue weighted by Gasteiger charge is -2.21. The van der Waals surface area contributed by atoms with Crippen molar-refractivity contribution in [2.24, 2.45) is 0 Å². The molecule has 2 nitrogen and oxygen atoms in total. The zero-order chi connectivity index (χ0) is 14.5. The van der Waals surface area contributed by atoms with Gasteiger partial charge in [-0.05, 0) is 23.1 Å². The highest BCUT2D eigenvalue weighted by Crippen LogP contribution is 2.57. The molecular weight excluding hydrogens is 265 g/mol. The van der Waals surface area contributed by atoms with Crippen LogP contribution in [0.1, 0.15) is 26.3 Å². The maximum Gasteiger partial charge on any atom is 0.148 e. The molecule has 0 bridgehead atoms. The van der Waals surface area contributed by atoms with Gasteiger partial charge in [-0.1, -0.05) is 57.2 Å². The zero-order valence-electron chi connectivity index (χ0n) is 12.2. The van der Waals surface area contributed by atoms with E-state index in [2.05, 4.69) is 25.1 Å². The smallest absolute Gasteiger partial charge is 0.148 e. The number of rotatable bonds is 2. The molecule has 0 aromatic heterocycles. The van der Waals surface area contributed by atoms with Crippen LogP contribution in [0.5, 0.6) is 0 Å². The third-order valence-electron chi connectivity index (χ3n) is 4.30. The van der Waals surface area contributed by atoms with Crippen LogP contribution >= 0.6 is 7.14 Å². The van der Waals surface area contributed by atoms with E-state index < -0.39 is 7.14 Å². The number of fused-ring (bicyclic) bond motifs is 3. The summed E-state index contributed by atoms with van der Waals surface area (Å²) in [5, 5.41) is 1.87. The fourth-order valence-corrected chi connectivity index (χ4v) is 6.41. The zero-order valence-corrected chi connectivity index (χ0v) is 13.1. The minimum atomic E-state index is -2.62. The quantitative estimate of drug-likeness (QED) is 0.677. The SMILES string of the molecule is CCc1ccc2c(c1N)P(=O)(C(C)C)c1ccccc1-2. The van der Waals surface area contributed by atoms with Crippen molar-refractivity contribution in [3.63, 3.8) is 0 Å². The molecule has 2 N–H and O–H groups in total. The lowest BCUT2D eigenvalue weighted by atomic mass is 10.0. The molecule has 2 aromatic rings. The monoisotopic (exact) mass is 285 g/mol. The molecule has 1 heterocycles. The maximum absolute atomic E-state index is 13.8. The largest absolute Gasteiger partial charge is 0.398 e. The standard InChI is InChI=1S/C17H20NOP/c1-4-12-9-10-14-13-7-5-6-8-15(13)20(19,11(2)3)17(14)16(12)18/h5-11H,4,18H2,1-3H3. The van der Waals surface area contributed by atoms with Crippen molar-refractivity contribution in [3.8, 4) is 11.1 Å². The average molecular weight is 285 g/mol. The average Bonchev–Trinajstić information content (AvgIpc) is 2.72. The highest BCUT2D eigenvalue weighted by molar-refractivity contribution is 7.80. The Kier molecular flexibility index (Phi) is 3.02. The topological polar surface area (TPSA) is 43.1 Å². The van der Waals surface area contributed by atoms with Crippen molar-refractivity contribution in [3.05, 3.63) is 42.0 Å². The van der Waals surface area contributed by atoms with E-state index in [0.29, 0.717) is 0 Å². The summed E-state index contributed by atoms with van der Waals surface area (Å²) in [6.45, 7) is 6.15. The van der Waals surface area contributed by atoms with Crippen molar-refractivity contribution >= 4 is 23.4 Å². The van der Waals surface area contributed by atoms with Gasteiger partial charge in [0, 0.05) is 22.0 Å². The second-order valence-electron chi connectivity index (χ2n) is 5.66. The van der Waals surface area contributed by atoms with Gasteiger partial charge in [0.05, 0.1) is 0 Å². The second-order valence-corrected chi connectivity index (χ2v) is 8.93. The Morgan fingerprint density at radius 1 is 1.10 bits per heavy atom. The normalized spacial score (nSPS) is 20.0. The molecule has 0 amide bonds. The summed E-state index contributed by atoms with van der Waals surface area (Å²) in [4.78, 5) is 0. The van der Waals surface area contributed by atoms with Crippen LogP contribution in [0.25, 0.3) is 11.1 Å². The van der Waals surface area contributed by atoms with Gasteiger partial charge in [0.1, 0.15) is 7.14 Å². The summed E-state index contributed by atoms with van der Waals surface area (Å²) in [7, 11) is -2.62. The van der Waals surface area contributed by atoms with Gasteiger partial charge < -0.3 is 10.3 Å². The van der Waals surface area contributed by atoms with Crippen molar-refractivity contribution < 1.29 is 4.57 Å². The maximum atomic E-state index is 13.8. The Hall–Kier alpha value is -1.53. The Morgan fingerprint density at radius 3 is 2.45 bits per heavy atom. The lowest BCUT2D eigenvalue weighted by Crippen LogP contribution is -2.21. The molecule has 1 aliphatic heterocycles. The van der Waals surface area contributed by atoms with E-state index in [1.54, 1.807) is 0 Å². The number of hydrogen-bond acceptors (Lipinski definition) is 2. The van der Waals surface area contributed by atoms with Crippen LogP contribution in [0.3, 0.4) is 0 Å². The molecule has 1 aliphatic rings. The molecule has 0 saturated carbocycles. The van der Waals surface area contributed by atoms with Gasteiger partial charge in [0.2, 0.25) is 0 Å². The van der Waals surface area contributed by atoms with Gasteiger partial charge in [-0.25, -0.2) is 0 Å². The first kappa shape index (κ1) is 13.5. The van der Waals surface area contributed by atoms with E-state index in [0.717, 1.165) is 39.4 Å². The van der Waals surface area contributed by atoms with E-state index in [4.69, 9.17) is 5.73 Å². The Balaban J connectivity index is 2.44. The molecule has 0 aliphatic carbocycles. The molecule has 1 atom stereocenters. The molecule has 0 radical (unpaired) electrons. The molecule has 3 heteroatoms. The second kappa shape index (κ2) is 4.49. The van der Waals surface area contributed by atoms with Gasteiger partial charge in [0.15, 0.2) is 0 Å². The first-order valence-corrected chi connectivity index (χ1v) is 8.91. The van der Waals surface area contributed by atoms with Crippen molar-refractivity contribution in [2.45, 2.75) is 32.9 Å². The summed E-state index contributed by atoms with van der Waals surface area (Å²) in [5.74, 6) is 0. The molecule has 104 valence electrons. The summed E-state index contributed by atoms with van der Waals surface area (Å²) < 4.78 is 13.8. The molecule has 1 unspecified atom stereocenters. The van der Waals surface area contributed by atoms with Crippen molar-refractivity contribution in [1.29, 1.82) is 0 Å². The van der Waals surface area contributed by atoms with Crippen LogP contribution < -0.4 is 16.3 Å². The van der Waals surface area contributed by atoms with Crippen molar-refractivity contribution in [2.75, 3.05) is 5.73 Å². The minimum absolute atomic E-state index is 0.0688. The number of aryl methyl sites for hydroxylation is 1. The Morgan fingerprint density at radius 2 is 1.80 bits per heavy atom. The number of anilines is 1. The van der Waals surface area contributed by atoms with Crippen LogP contribution in [-0.2, 0) is 11.0 Å². The molecule has 2 aromatic carbocycles. The number of hydrogen-bond donors (Lipinski definition) is 1. The lowest BCUT2D eigenvalue weighted by molar-refractivity contribution is 0.582. The van der Waals surface area contributed by atoms with Crippen LogP contribution in [0.15, 0.2) is 36.4 Å². The van der Waals surface area contributed by atoms with Gasteiger partial charge in [-0.2, -0.15) is 0 Å².